The molecule has 4 aliphatic rings. The zero-order valence-corrected chi connectivity index (χ0v) is 20.2. The molecule has 0 amide bonds. The van der Waals surface area contributed by atoms with Gasteiger partial charge < -0.3 is 9.84 Å². The van der Waals surface area contributed by atoms with Gasteiger partial charge in [0.05, 0.1) is 12.8 Å². The summed E-state index contributed by atoms with van der Waals surface area (Å²) in [5, 5.41) is 8.75. The summed E-state index contributed by atoms with van der Waals surface area (Å²) < 4.78 is 5.20. The van der Waals surface area contributed by atoms with Crippen LogP contribution in [0.2, 0.25) is 0 Å². The average molecular weight is 457 g/mol. The first kappa shape index (κ1) is 23.9. The Hall–Kier alpha value is -2.24. The van der Waals surface area contributed by atoms with Crippen LogP contribution in [0.3, 0.4) is 0 Å². The standard InChI is InChI=1S/C27H36O6/c1-16-13-21-19-6-5-17-14-18(28)9-11-25(17,2)20(19)10-12-26(21,3)27(16,4)22(29)15-33-24(32)8-7-23(30)31/h10,14,16,19,21H,5-9,11-13,15H2,1-4H3,(H,30,31). The molecule has 2 fully saturated rings. The fourth-order valence-corrected chi connectivity index (χ4v) is 7.60. The van der Waals surface area contributed by atoms with Crippen LogP contribution in [0, 0.1) is 34.0 Å². The minimum atomic E-state index is -1.06. The summed E-state index contributed by atoms with van der Waals surface area (Å²) in [7, 11) is 0. The highest BCUT2D eigenvalue weighted by Crippen LogP contribution is 2.69. The zero-order chi connectivity index (χ0) is 24.2. The lowest BCUT2D eigenvalue weighted by Crippen LogP contribution is -2.51. The number of rotatable bonds is 6. The minimum absolute atomic E-state index is 0.0376. The van der Waals surface area contributed by atoms with E-state index in [0.29, 0.717) is 18.3 Å². The van der Waals surface area contributed by atoms with Gasteiger partial charge in [-0.05, 0) is 61.3 Å². The lowest BCUT2D eigenvalue weighted by molar-refractivity contribution is -0.156. The van der Waals surface area contributed by atoms with E-state index in [0.717, 1.165) is 32.1 Å². The van der Waals surface area contributed by atoms with Crippen molar-refractivity contribution in [2.24, 2.45) is 34.0 Å². The van der Waals surface area contributed by atoms with E-state index in [4.69, 9.17) is 9.84 Å². The van der Waals surface area contributed by atoms with Crippen LogP contribution in [0.15, 0.2) is 23.3 Å². The van der Waals surface area contributed by atoms with Gasteiger partial charge in [0.1, 0.15) is 0 Å². The van der Waals surface area contributed by atoms with Crippen molar-refractivity contribution >= 4 is 23.5 Å². The second kappa shape index (κ2) is 8.21. The smallest absolute Gasteiger partial charge is 0.306 e. The Morgan fingerprint density at radius 2 is 1.88 bits per heavy atom. The Balaban J connectivity index is 1.57. The molecule has 6 heteroatoms. The maximum Gasteiger partial charge on any atom is 0.306 e. The predicted octanol–water partition coefficient (Wildman–Crippen LogP) is 4.67. The van der Waals surface area contributed by atoms with E-state index in [1.807, 2.05) is 13.0 Å². The van der Waals surface area contributed by atoms with Gasteiger partial charge in [-0.3, -0.25) is 19.2 Å². The summed E-state index contributed by atoms with van der Waals surface area (Å²) in [5.74, 6) is -0.577. The van der Waals surface area contributed by atoms with Gasteiger partial charge in [-0.25, -0.2) is 0 Å². The van der Waals surface area contributed by atoms with Gasteiger partial charge in [0.25, 0.3) is 0 Å². The SMILES string of the molecule is CC1CC2C3CCC4=CC(=O)CCC4(C)C3=CCC2(C)C1(C)C(=O)COC(=O)CCC(=O)O. The molecule has 0 aromatic carbocycles. The third-order valence-corrected chi connectivity index (χ3v) is 9.99. The quantitative estimate of drug-likeness (QED) is 0.461. The normalized spacial score (nSPS) is 39.5. The van der Waals surface area contributed by atoms with Gasteiger partial charge in [-0.15, -0.1) is 0 Å². The third-order valence-electron chi connectivity index (χ3n) is 9.99. The molecular weight excluding hydrogens is 420 g/mol. The molecule has 6 atom stereocenters. The lowest BCUT2D eigenvalue weighted by Gasteiger charge is -2.55. The summed E-state index contributed by atoms with van der Waals surface area (Å²) >= 11 is 0. The predicted molar refractivity (Wildman–Crippen MR) is 122 cm³/mol. The molecule has 0 radical (unpaired) electrons. The van der Waals surface area contributed by atoms with Gasteiger partial charge >= 0.3 is 11.9 Å². The highest BCUT2D eigenvalue weighted by molar-refractivity contribution is 5.92. The maximum absolute atomic E-state index is 13.5. The topological polar surface area (TPSA) is 97.7 Å². The fourth-order valence-electron chi connectivity index (χ4n) is 7.60. The molecule has 4 rings (SSSR count). The molecule has 180 valence electrons. The summed E-state index contributed by atoms with van der Waals surface area (Å²) in [4.78, 5) is 48.2. The van der Waals surface area contributed by atoms with Crippen LogP contribution < -0.4 is 0 Å². The summed E-state index contributed by atoms with van der Waals surface area (Å²) in [6.45, 7) is 8.42. The Morgan fingerprint density at radius 3 is 2.58 bits per heavy atom. The Bertz CT molecular complexity index is 960. The first-order valence-corrected chi connectivity index (χ1v) is 12.3. The Kier molecular flexibility index (Phi) is 5.95. The van der Waals surface area contributed by atoms with E-state index in [9.17, 15) is 19.2 Å². The summed E-state index contributed by atoms with van der Waals surface area (Å²) in [5.41, 5.74) is 1.87. The van der Waals surface area contributed by atoms with Crippen molar-refractivity contribution in [3.05, 3.63) is 23.3 Å². The second-order valence-corrected chi connectivity index (χ2v) is 11.3. The highest BCUT2D eigenvalue weighted by Gasteiger charge is 2.65. The van der Waals surface area contributed by atoms with Gasteiger partial charge in [-0.1, -0.05) is 44.9 Å². The largest absolute Gasteiger partial charge is 0.481 e. The Labute approximate surface area is 195 Å². The third kappa shape index (κ3) is 3.60. The van der Waals surface area contributed by atoms with Crippen LogP contribution in [0.1, 0.15) is 79.1 Å². The van der Waals surface area contributed by atoms with Crippen LogP contribution in [-0.2, 0) is 23.9 Å². The maximum atomic E-state index is 13.5. The molecule has 0 heterocycles. The Morgan fingerprint density at radius 1 is 1.15 bits per heavy atom. The van der Waals surface area contributed by atoms with Crippen molar-refractivity contribution in [2.75, 3.05) is 6.61 Å². The fraction of sp³-hybridized carbons (Fsp3) is 0.704. The van der Waals surface area contributed by atoms with Crippen molar-refractivity contribution < 1.29 is 29.0 Å². The van der Waals surface area contributed by atoms with E-state index in [1.165, 1.54) is 11.1 Å². The number of carboxylic acid groups (broad SMARTS) is 1. The first-order valence-electron chi connectivity index (χ1n) is 12.3. The zero-order valence-electron chi connectivity index (χ0n) is 20.2. The van der Waals surface area contributed by atoms with Crippen LogP contribution in [0.25, 0.3) is 0 Å². The molecule has 0 bridgehead atoms. The number of aliphatic carboxylic acids is 1. The van der Waals surface area contributed by atoms with Crippen molar-refractivity contribution in [1.29, 1.82) is 0 Å². The molecule has 4 aliphatic carbocycles. The number of ketones is 2. The number of allylic oxidation sites excluding steroid dienone is 4. The number of hydrogen-bond donors (Lipinski definition) is 1. The van der Waals surface area contributed by atoms with Gasteiger partial charge in [0, 0.05) is 17.3 Å². The van der Waals surface area contributed by atoms with Crippen molar-refractivity contribution in [3.8, 4) is 0 Å². The van der Waals surface area contributed by atoms with Crippen LogP contribution in [0.5, 0.6) is 0 Å². The number of carboxylic acids is 1. The average Bonchev–Trinajstić information content (AvgIpc) is 2.98. The second-order valence-electron chi connectivity index (χ2n) is 11.3. The number of carbonyl (C=O) groups excluding carboxylic acids is 3. The molecule has 6 unspecified atom stereocenters. The summed E-state index contributed by atoms with van der Waals surface area (Å²) in [6, 6.07) is 0. The van der Waals surface area contributed by atoms with Crippen molar-refractivity contribution in [2.45, 2.75) is 79.1 Å². The monoisotopic (exact) mass is 456 g/mol. The van der Waals surface area contributed by atoms with Gasteiger partial charge in [-0.2, -0.15) is 0 Å². The lowest BCUT2D eigenvalue weighted by atomic mass is 9.48. The number of ether oxygens (including phenoxy) is 1. The molecule has 6 nitrogen and oxygen atoms in total. The van der Waals surface area contributed by atoms with Crippen LogP contribution >= 0.6 is 0 Å². The molecule has 0 aromatic rings. The van der Waals surface area contributed by atoms with E-state index in [1.54, 1.807) is 0 Å². The number of hydrogen-bond acceptors (Lipinski definition) is 5. The number of esters is 1. The molecule has 0 saturated heterocycles. The van der Waals surface area contributed by atoms with Crippen molar-refractivity contribution in [3.63, 3.8) is 0 Å². The number of Topliss-reactive ketones (excluding diaryl/α,β-unsaturated/α-hetero) is 1. The number of fused-ring (bicyclic) bond motifs is 5. The van der Waals surface area contributed by atoms with E-state index < -0.39 is 17.4 Å². The molecule has 0 aromatic heterocycles. The molecule has 33 heavy (non-hydrogen) atoms. The van der Waals surface area contributed by atoms with Crippen LogP contribution in [-0.4, -0.2) is 35.2 Å². The molecular formula is C27H36O6. The highest BCUT2D eigenvalue weighted by atomic mass is 16.5. The first-order chi connectivity index (χ1) is 15.4. The van der Waals surface area contributed by atoms with E-state index in [-0.39, 0.29) is 47.8 Å². The molecule has 1 N–H and O–H groups in total. The van der Waals surface area contributed by atoms with Crippen molar-refractivity contribution in [1.82, 2.24) is 0 Å². The van der Waals surface area contributed by atoms with Crippen LogP contribution in [0.4, 0.5) is 0 Å². The molecule has 2 saturated carbocycles. The number of carbonyl (C=O) groups is 4. The van der Waals surface area contributed by atoms with Gasteiger partial charge in [0.2, 0.25) is 0 Å². The van der Waals surface area contributed by atoms with E-state index >= 15 is 0 Å². The molecule has 0 aliphatic heterocycles. The minimum Gasteiger partial charge on any atom is -0.481 e. The van der Waals surface area contributed by atoms with Gasteiger partial charge in [0.15, 0.2) is 18.2 Å². The molecule has 0 spiro atoms. The van der Waals surface area contributed by atoms with E-state index in [2.05, 4.69) is 26.8 Å². The summed E-state index contributed by atoms with van der Waals surface area (Å²) in [6.07, 6.45) is 8.94.